The van der Waals surface area contributed by atoms with Crippen molar-refractivity contribution in [1.29, 1.82) is 0 Å². The summed E-state index contributed by atoms with van der Waals surface area (Å²) in [7, 11) is 0. The van der Waals surface area contributed by atoms with Gasteiger partial charge < -0.3 is 4.57 Å². The Morgan fingerprint density at radius 1 is 1.10 bits per heavy atom. The molecule has 2 aromatic rings. The maximum Gasteiger partial charge on any atom is 0.182 e. The van der Waals surface area contributed by atoms with E-state index in [1.807, 2.05) is 36.6 Å². The summed E-state index contributed by atoms with van der Waals surface area (Å²) in [6.07, 6.45) is 0. The van der Waals surface area contributed by atoms with Crippen molar-refractivity contribution in [3.63, 3.8) is 0 Å². The Kier molecular flexibility index (Phi) is 4.48. The summed E-state index contributed by atoms with van der Waals surface area (Å²) in [5.41, 5.74) is 3.22. The number of hydrogen-bond donors (Lipinski definition) is 0. The third-order valence-electron chi connectivity index (χ3n) is 3.16. The molecule has 0 amide bonds. The first-order valence-electron chi connectivity index (χ1n) is 6.15. The largest absolute Gasteiger partial charge is 0.318 e. The number of carbonyl (C=O) groups excluding carboxylic acids is 1. The predicted molar refractivity (Wildman–Crippen MR) is 84.9 cm³/mol. The number of rotatable bonds is 3. The van der Waals surface area contributed by atoms with Gasteiger partial charge in [-0.2, -0.15) is 0 Å². The molecule has 1 atom stereocenters. The molecule has 2 rings (SSSR count). The molecule has 0 aliphatic carbocycles. The number of ketones is 1. The van der Waals surface area contributed by atoms with Gasteiger partial charge in [0.2, 0.25) is 0 Å². The Morgan fingerprint density at radius 3 is 2.15 bits per heavy atom. The van der Waals surface area contributed by atoms with E-state index in [1.165, 1.54) is 0 Å². The second-order valence-electron chi connectivity index (χ2n) is 4.73. The summed E-state index contributed by atoms with van der Waals surface area (Å²) < 4.78 is 1.95. The third kappa shape index (κ3) is 2.88. The lowest BCUT2D eigenvalue weighted by Gasteiger charge is -2.11. The van der Waals surface area contributed by atoms with Crippen LogP contribution in [0.3, 0.4) is 0 Å². The van der Waals surface area contributed by atoms with E-state index in [2.05, 4.69) is 0 Å². The van der Waals surface area contributed by atoms with Crippen molar-refractivity contribution < 1.29 is 4.79 Å². The van der Waals surface area contributed by atoms with Crippen LogP contribution in [0.2, 0.25) is 10.0 Å². The zero-order valence-electron chi connectivity index (χ0n) is 11.4. The van der Waals surface area contributed by atoms with Crippen molar-refractivity contribution in [2.75, 3.05) is 0 Å². The molecule has 106 valence electrons. The van der Waals surface area contributed by atoms with Crippen LogP contribution in [-0.2, 0) is 0 Å². The molecule has 0 aliphatic rings. The summed E-state index contributed by atoms with van der Waals surface area (Å²) in [6, 6.07) is 7.14. The van der Waals surface area contributed by atoms with Crippen molar-refractivity contribution in [2.24, 2.45) is 0 Å². The van der Waals surface area contributed by atoms with Crippen LogP contribution in [0, 0.1) is 13.8 Å². The number of halogens is 3. The SMILES string of the molecule is Cc1cc(C(=O)C(C)Cl)c(C)n1-c1cc(Cl)cc(Cl)c1. The number of hydrogen-bond acceptors (Lipinski definition) is 1. The molecular weight excluding hydrogens is 317 g/mol. The van der Waals surface area contributed by atoms with E-state index in [1.54, 1.807) is 13.0 Å². The first-order chi connectivity index (χ1) is 9.31. The van der Waals surface area contributed by atoms with E-state index in [0.29, 0.717) is 15.6 Å². The van der Waals surface area contributed by atoms with Gasteiger partial charge in [0.15, 0.2) is 5.78 Å². The van der Waals surface area contributed by atoms with Crippen molar-refractivity contribution in [1.82, 2.24) is 4.57 Å². The number of alkyl halides is 1. The Labute approximate surface area is 133 Å². The molecule has 5 heteroatoms. The molecule has 0 fully saturated rings. The van der Waals surface area contributed by atoms with Gasteiger partial charge in [0.25, 0.3) is 0 Å². The Hall–Kier alpha value is -0.960. The van der Waals surface area contributed by atoms with Crippen molar-refractivity contribution >= 4 is 40.6 Å². The van der Waals surface area contributed by atoms with Gasteiger partial charge in [0.1, 0.15) is 0 Å². The van der Waals surface area contributed by atoms with Crippen LogP contribution >= 0.6 is 34.8 Å². The molecular formula is C15H14Cl3NO. The van der Waals surface area contributed by atoms with Gasteiger partial charge in [0.05, 0.1) is 5.38 Å². The maximum atomic E-state index is 12.1. The van der Waals surface area contributed by atoms with Crippen LogP contribution in [0.1, 0.15) is 28.7 Å². The van der Waals surface area contributed by atoms with E-state index in [0.717, 1.165) is 17.1 Å². The highest BCUT2D eigenvalue weighted by Crippen LogP contribution is 2.27. The molecule has 0 N–H and O–H groups in total. The monoisotopic (exact) mass is 329 g/mol. The van der Waals surface area contributed by atoms with Gasteiger partial charge in [-0.05, 0) is 45.0 Å². The highest BCUT2D eigenvalue weighted by molar-refractivity contribution is 6.35. The molecule has 0 spiro atoms. The molecule has 0 aliphatic heterocycles. The number of benzene rings is 1. The smallest absolute Gasteiger partial charge is 0.182 e. The van der Waals surface area contributed by atoms with Gasteiger partial charge in [-0.25, -0.2) is 0 Å². The fraction of sp³-hybridized carbons (Fsp3) is 0.267. The minimum atomic E-state index is -0.549. The topological polar surface area (TPSA) is 22.0 Å². The van der Waals surface area contributed by atoms with E-state index in [-0.39, 0.29) is 5.78 Å². The average Bonchev–Trinajstić information content (AvgIpc) is 2.62. The summed E-state index contributed by atoms with van der Waals surface area (Å²) in [5.74, 6) is -0.0841. The Bertz CT molecular complexity index is 654. The minimum Gasteiger partial charge on any atom is -0.318 e. The zero-order valence-corrected chi connectivity index (χ0v) is 13.6. The number of aryl methyl sites for hydroxylation is 1. The van der Waals surface area contributed by atoms with Crippen LogP contribution in [-0.4, -0.2) is 15.7 Å². The van der Waals surface area contributed by atoms with Crippen LogP contribution in [0.5, 0.6) is 0 Å². The molecule has 0 radical (unpaired) electrons. The van der Waals surface area contributed by atoms with Gasteiger partial charge in [0, 0.05) is 32.7 Å². The fourth-order valence-electron chi connectivity index (χ4n) is 2.29. The van der Waals surface area contributed by atoms with E-state index in [9.17, 15) is 4.79 Å². The van der Waals surface area contributed by atoms with Gasteiger partial charge in [-0.1, -0.05) is 23.2 Å². The standard InChI is InChI=1S/C15H14Cl3NO/c1-8-4-14(15(20)9(2)16)10(3)19(8)13-6-11(17)5-12(18)7-13/h4-7,9H,1-3H3. The highest BCUT2D eigenvalue weighted by Gasteiger charge is 2.20. The number of aromatic nitrogens is 1. The third-order valence-corrected chi connectivity index (χ3v) is 3.80. The second-order valence-corrected chi connectivity index (χ2v) is 6.26. The molecule has 0 bridgehead atoms. The molecule has 1 aromatic carbocycles. The first-order valence-corrected chi connectivity index (χ1v) is 7.34. The lowest BCUT2D eigenvalue weighted by atomic mass is 10.1. The summed E-state index contributed by atoms with van der Waals surface area (Å²) in [4.78, 5) is 12.1. The van der Waals surface area contributed by atoms with E-state index < -0.39 is 5.38 Å². The van der Waals surface area contributed by atoms with E-state index in [4.69, 9.17) is 34.8 Å². The highest BCUT2D eigenvalue weighted by atomic mass is 35.5. The number of carbonyl (C=O) groups is 1. The van der Waals surface area contributed by atoms with Crippen LogP contribution < -0.4 is 0 Å². The molecule has 20 heavy (non-hydrogen) atoms. The predicted octanol–water partition coefficient (Wildman–Crippen LogP) is 5.21. The van der Waals surface area contributed by atoms with Crippen LogP contribution in [0.25, 0.3) is 5.69 Å². The molecule has 0 saturated heterocycles. The quantitative estimate of drug-likeness (QED) is 0.559. The van der Waals surface area contributed by atoms with Crippen molar-refractivity contribution in [2.45, 2.75) is 26.1 Å². The summed E-state index contributed by atoms with van der Waals surface area (Å²) in [5, 5.41) is 0.559. The van der Waals surface area contributed by atoms with Crippen molar-refractivity contribution in [3.05, 3.63) is 51.3 Å². The summed E-state index contributed by atoms with van der Waals surface area (Å²) in [6.45, 7) is 5.48. The minimum absolute atomic E-state index is 0.0841. The van der Waals surface area contributed by atoms with E-state index >= 15 is 0 Å². The number of Topliss-reactive ketones (excluding diaryl/α,β-unsaturated/α-hetero) is 1. The van der Waals surface area contributed by atoms with Crippen molar-refractivity contribution in [3.8, 4) is 5.69 Å². The number of nitrogens with zero attached hydrogens (tertiary/aromatic N) is 1. The molecule has 0 saturated carbocycles. The second kappa shape index (κ2) is 5.80. The first kappa shape index (κ1) is 15.4. The molecule has 1 heterocycles. The zero-order chi connectivity index (χ0) is 15.0. The molecule has 1 unspecified atom stereocenters. The van der Waals surface area contributed by atoms with Gasteiger partial charge >= 0.3 is 0 Å². The molecule has 1 aromatic heterocycles. The molecule has 2 nitrogen and oxygen atoms in total. The maximum absolute atomic E-state index is 12.1. The fourth-order valence-corrected chi connectivity index (χ4v) is 2.92. The van der Waals surface area contributed by atoms with Crippen LogP contribution in [0.15, 0.2) is 24.3 Å². The van der Waals surface area contributed by atoms with Gasteiger partial charge in [-0.15, -0.1) is 11.6 Å². The Morgan fingerprint density at radius 2 is 1.65 bits per heavy atom. The summed E-state index contributed by atoms with van der Waals surface area (Å²) >= 11 is 18.0. The van der Waals surface area contributed by atoms with Crippen LogP contribution in [0.4, 0.5) is 0 Å². The van der Waals surface area contributed by atoms with Gasteiger partial charge in [-0.3, -0.25) is 4.79 Å². The average molecular weight is 331 g/mol. The normalized spacial score (nSPS) is 12.5. The lowest BCUT2D eigenvalue weighted by molar-refractivity contribution is 0.0991. The lowest BCUT2D eigenvalue weighted by Crippen LogP contribution is -2.11. The Balaban J connectivity index is 2.61.